The molecule has 6 nitrogen and oxygen atoms in total. The molecule has 3 atom stereocenters. The third kappa shape index (κ3) is 5.30. The van der Waals surface area contributed by atoms with Gasteiger partial charge in [0.25, 0.3) is 0 Å². The Morgan fingerprint density at radius 2 is 1.62 bits per heavy atom. The van der Waals surface area contributed by atoms with E-state index in [1.165, 1.54) is 0 Å². The van der Waals surface area contributed by atoms with Gasteiger partial charge in [-0.2, -0.15) is 0 Å². The zero-order valence-electron chi connectivity index (χ0n) is 21.4. The van der Waals surface area contributed by atoms with E-state index in [4.69, 9.17) is 0 Å². The van der Waals surface area contributed by atoms with Crippen LogP contribution in [0.3, 0.4) is 0 Å². The molecular formula is C31H34N4O2. The molecule has 1 unspecified atom stereocenters. The van der Waals surface area contributed by atoms with Crippen molar-refractivity contribution in [2.45, 2.75) is 37.9 Å². The van der Waals surface area contributed by atoms with E-state index in [1.54, 1.807) is 4.90 Å². The minimum absolute atomic E-state index is 0.0218. The lowest BCUT2D eigenvalue weighted by Gasteiger charge is -2.41. The molecule has 0 aliphatic carbocycles. The Hall–Kier alpha value is -3.90. The van der Waals surface area contributed by atoms with E-state index in [0.29, 0.717) is 26.1 Å². The summed E-state index contributed by atoms with van der Waals surface area (Å²) < 4.78 is 0. The van der Waals surface area contributed by atoms with Gasteiger partial charge < -0.3 is 20.1 Å². The van der Waals surface area contributed by atoms with Crippen LogP contribution < -0.4 is 5.32 Å². The van der Waals surface area contributed by atoms with Crippen LogP contribution in [0.5, 0.6) is 0 Å². The van der Waals surface area contributed by atoms with Gasteiger partial charge in [0.1, 0.15) is 6.04 Å². The highest BCUT2D eigenvalue weighted by molar-refractivity contribution is 5.92. The van der Waals surface area contributed by atoms with Gasteiger partial charge >= 0.3 is 0 Å². The number of likely N-dealkylation sites (N-methyl/N-ethyl adjacent to an activating group) is 1. The van der Waals surface area contributed by atoms with Crippen LogP contribution in [-0.4, -0.2) is 58.8 Å². The number of amides is 2. The van der Waals surface area contributed by atoms with Gasteiger partial charge in [0, 0.05) is 56.1 Å². The summed E-state index contributed by atoms with van der Waals surface area (Å²) in [6.45, 7) is 3.73. The van der Waals surface area contributed by atoms with Crippen molar-refractivity contribution in [3.63, 3.8) is 0 Å². The molecule has 2 heterocycles. The molecule has 0 radical (unpaired) electrons. The molecule has 3 aromatic carbocycles. The van der Waals surface area contributed by atoms with Crippen LogP contribution >= 0.6 is 0 Å². The van der Waals surface area contributed by atoms with Crippen molar-refractivity contribution in [1.82, 2.24) is 20.1 Å². The lowest BCUT2D eigenvalue weighted by molar-refractivity contribution is -0.148. The number of carbonyl (C=O) groups excluding carboxylic acids is 2. The maximum atomic E-state index is 14.0. The average molecular weight is 495 g/mol. The number of para-hydroxylation sites is 1. The third-order valence-electron chi connectivity index (χ3n) is 7.45. The molecule has 1 aromatic heterocycles. The molecule has 0 saturated carbocycles. The number of hydrogen-bond acceptors (Lipinski definition) is 3. The zero-order chi connectivity index (χ0) is 25.8. The number of carbonyl (C=O) groups is 2. The number of H-pyrrole nitrogens is 1. The fraction of sp³-hybridized carbons (Fsp3) is 0.290. The summed E-state index contributed by atoms with van der Waals surface area (Å²) in [7, 11) is 1.83. The molecule has 190 valence electrons. The number of nitrogens with zero attached hydrogens (tertiary/aromatic N) is 2. The van der Waals surface area contributed by atoms with Crippen molar-refractivity contribution in [2.24, 2.45) is 0 Å². The van der Waals surface area contributed by atoms with E-state index in [1.807, 2.05) is 97.0 Å². The third-order valence-corrected chi connectivity index (χ3v) is 7.45. The highest BCUT2D eigenvalue weighted by Crippen LogP contribution is 2.30. The molecule has 2 N–H and O–H groups in total. The number of nitrogens with one attached hydrogen (secondary N) is 2. The van der Waals surface area contributed by atoms with Gasteiger partial charge in [-0.3, -0.25) is 9.59 Å². The topological polar surface area (TPSA) is 68.4 Å². The fourth-order valence-electron chi connectivity index (χ4n) is 5.42. The van der Waals surface area contributed by atoms with Crippen molar-refractivity contribution < 1.29 is 9.59 Å². The molecular weight excluding hydrogens is 460 g/mol. The highest BCUT2D eigenvalue weighted by atomic mass is 16.2. The molecule has 1 aliphatic heterocycles. The Balaban J connectivity index is 1.41. The van der Waals surface area contributed by atoms with Crippen molar-refractivity contribution in [3.05, 3.63) is 108 Å². The first-order chi connectivity index (χ1) is 18.0. The quantitative estimate of drug-likeness (QED) is 0.383. The minimum atomic E-state index is -0.566. The van der Waals surface area contributed by atoms with Crippen molar-refractivity contribution in [2.75, 3.05) is 20.1 Å². The maximum absolute atomic E-state index is 14.0. The molecule has 0 bridgehead atoms. The number of piperazine rings is 1. The summed E-state index contributed by atoms with van der Waals surface area (Å²) >= 11 is 0. The molecule has 1 aliphatic rings. The largest absolute Gasteiger partial charge is 0.361 e. The van der Waals surface area contributed by atoms with Gasteiger partial charge in [-0.15, -0.1) is 0 Å². The van der Waals surface area contributed by atoms with E-state index in [9.17, 15) is 9.59 Å². The molecule has 4 aromatic rings. The summed E-state index contributed by atoms with van der Waals surface area (Å²) in [4.78, 5) is 34.8. The molecule has 5 rings (SSSR count). The van der Waals surface area contributed by atoms with E-state index < -0.39 is 12.1 Å². The zero-order valence-corrected chi connectivity index (χ0v) is 21.4. The van der Waals surface area contributed by atoms with E-state index in [-0.39, 0.29) is 17.7 Å². The molecule has 6 heteroatoms. The summed E-state index contributed by atoms with van der Waals surface area (Å²) in [6.07, 6.45) is 2.49. The van der Waals surface area contributed by atoms with Gasteiger partial charge in [0.15, 0.2) is 0 Å². The normalized spacial score (nSPS) is 17.5. The predicted octanol–water partition coefficient (Wildman–Crippen LogP) is 4.34. The first-order valence-corrected chi connectivity index (χ1v) is 13.0. The second-order valence-corrected chi connectivity index (χ2v) is 9.93. The predicted molar refractivity (Wildman–Crippen MR) is 147 cm³/mol. The first kappa shape index (κ1) is 24.8. The van der Waals surface area contributed by atoms with Crippen LogP contribution in [0.2, 0.25) is 0 Å². The number of hydrogen-bond donors (Lipinski definition) is 2. The molecule has 0 spiro atoms. The molecule has 1 fully saturated rings. The lowest BCUT2D eigenvalue weighted by Crippen LogP contribution is -2.62. The summed E-state index contributed by atoms with van der Waals surface area (Å²) in [6, 6.07) is 27.1. The molecule has 37 heavy (non-hydrogen) atoms. The van der Waals surface area contributed by atoms with Crippen LogP contribution in [0.15, 0.2) is 91.1 Å². The number of benzene rings is 3. The Bertz CT molecular complexity index is 1350. The van der Waals surface area contributed by atoms with Crippen LogP contribution in [0.1, 0.15) is 29.5 Å². The van der Waals surface area contributed by atoms with Crippen LogP contribution in [0.4, 0.5) is 0 Å². The van der Waals surface area contributed by atoms with Crippen LogP contribution in [0, 0.1) is 0 Å². The van der Waals surface area contributed by atoms with Gasteiger partial charge in [-0.05, 0) is 22.8 Å². The Morgan fingerprint density at radius 3 is 2.35 bits per heavy atom. The number of fused-ring (bicyclic) bond motifs is 1. The van der Waals surface area contributed by atoms with E-state index >= 15 is 0 Å². The SMILES string of the molecule is CC(c1c[nH]c2ccccc12)[C@@H]1NCCN([C@@H](Cc2ccccc2)C(=O)N(C)Cc2ccccc2)C1=O. The Morgan fingerprint density at radius 1 is 0.973 bits per heavy atom. The van der Waals surface area contributed by atoms with E-state index in [2.05, 4.69) is 23.3 Å². The first-order valence-electron chi connectivity index (χ1n) is 13.0. The molecule has 2 amide bonds. The standard InChI is InChI=1S/C31H34N4O2/c1-22(26-20-33-27-16-10-9-15-25(26)27)29-31(37)35(18-17-32-29)28(19-23-11-5-3-6-12-23)30(36)34(2)21-24-13-7-4-8-14-24/h3-16,20,22,28-29,32-33H,17-19,21H2,1-2H3/t22?,28-,29-/m0/s1. The summed E-state index contributed by atoms with van der Waals surface area (Å²) in [5.41, 5.74) is 4.27. The van der Waals surface area contributed by atoms with Crippen molar-refractivity contribution in [1.29, 1.82) is 0 Å². The number of aromatic nitrogens is 1. The van der Waals surface area contributed by atoms with E-state index in [0.717, 1.165) is 27.6 Å². The fourth-order valence-corrected chi connectivity index (χ4v) is 5.42. The number of rotatable bonds is 8. The lowest BCUT2D eigenvalue weighted by atomic mass is 9.90. The monoisotopic (exact) mass is 494 g/mol. The summed E-state index contributed by atoms with van der Waals surface area (Å²) in [5, 5.41) is 4.57. The smallest absolute Gasteiger partial charge is 0.245 e. The van der Waals surface area contributed by atoms with Crippen molar-refractivity contribution in [3.8, 4) is 0 Å². The van der Waals surface area contributed by atoms with Gasteiger partial charge in [0.2, 0.25) is 11.8 Å². The minimum Gasteiger partial charge on any atom is -0.361 e. The molecule has 1 saturated heterocycles. The maximum Gasteiger partial charge on any atom is 0.245 e. The Labute approximate surface area is 218 Å². The van der Waals surface area contributed by atoms with Crippen molar-refractivity contribution >= 4 is 22.7 Å². The average Bonchev–Trinajstić information content (AvgIpc) is 3.37. The van der Waals surface area contributed by atoms with Gasteiger partial charge in [-0.1, -0.05) is 85.8 Å². The number of aromatic amines is 1. The Kier molecular flexibility index (Phi) is 7.37. The summed E-state index contributed by atoms with van der Waals surface area (Å²) in [5.74, 6) is -0.117. The van der Waals surface area contributed by atoms with Gasteiger partial charge in [0.05, 0.1) is 6.04 Å². The van der Waals surface area contributed by atoms with Crippen LogP contribution in [-0.2, 0) is 22.6 Å². The highest BCUT2D eigenvalue weighted by Gasteiger charge is 2.40. The second-order valence-electron chi connectivity index (χ2n) is 9.93. The van der Waals surface area contributed by atoms with Crippen LogP contribution in [0.25, 0.3) is 10.9 Å². The second kappa shape index (κ2) is 11.0. The van der Waals surface area contributed by atoms with Gasteiger partial charge in [-0.25, -0.2) is 0 Å².